The third-order valence-electron chi connectivity index (χ3n) is 4.30. The summed E-state index contributed by atoms with van der Waals surface area (Å²) < 4.78 is 16.2. The average Bonchev–Trinajstić information content (AvgIpc) is 3.42. The smallest absolute Gasteiger partial charge is 0.263 e. The van der Waals surface area contributed by atoms with Gasteiger partial charge in [0, 0.05) is 18.3 Å². The van der Waals surface area contributed by atoms with Crippen molar-refractivity contribution in [2.45, 2.75) is 6.54 Å². The number of anilines is 1. The predicted octanol–water partition coefficient (Wildman–Crippen LogP) is 3.53. The topological polar surface area (TPSA) is 95.2 Å². The maximum absolute atomic E-state index is 5.44. The van der Waals surface area contributed by atoms with Gasteiger partial charge in [0.25, 0.3) is 5.89 Å². The molecule has 2 aromatic carbocycles. The molecule has 0 saturated carbocycles. The zero-order chi connectivity index (χ0) is 18.8. The Hall–Kier alpha value is -3.94. The van der Waals surface area contributed by atoms with Gasteiger partial charge in [-0.1, -0.05) is 41.6 Å². The Morgan fingerprint density at radius 3 is 2.82 bits per heavy atom. The van der Waals surface area contributed by atoms with Crippen LogP contribution >= 0.6 is 0 Å². The molecule has 5 rings (SSSR count). The summed E-state index contributed by atoms with van der Waals surface area (Å²) in [6, 6.07) is 15.4. The van der Waals surface area contributed by atoms with Gasteiger partial charge in [0.15, 0.2) is 11.5 Å². The zero-order valence-electron chi connectivity index (χ0n) is 14.7. The lowest BCUT2D eigenvalue weighted by Crippen LogP contribution is -2.03. The summed E-state index contributed by atoms with van der Waals surface area (Å²) in [4.78, 5) is 12.9. The first kappa shape index (κ1) is 16.2. The van der Waals surface area contributed by atoms with Crippen LogP contribution < -0.4 is 14.8 Å². The molecule has 4 aromatic rings. The molecular formula is C20H15N5O3. The Morgan fingerprint density at radius 2 is 1.89 bits per heavy atom. The Morgan fingerprint density at radius 1 is 1.00 bits per heavy atom. The molecule has 0 radical (unpaired) electrons. The van der Waals surface area contributed by atoms with Crippen LogP contribution in [0.3, 0.4) is 0 Å². The summed E-state index contributed by atoms with van der Waals surface area (Å²) in [5.41, 5.74) is 2.55. The van der Waals surface area contributed by atoms with E-state index in [0.29, 0.717) is 29.6 Å². The Kier molecular flexibility index (Phi) is 4.06. The summed E-state index contributed by atoms with van der Waals surface area (Å²) in [6.45, 7) is 0.795. The third-order valence-corrected chi connectivity index (χ3v) is 4.30. The maximum atomic E-state index is 5.44. The first-order chi connectivity index (χ1) is 13.9. The summed E-state index contributed by atoms with van der Waals surface area (Å²) in [6.07, 6.45) is 3.12. The summed E-state index contributed by atoms with van der Waals surface area (Å²) >= 11 is 0. The number of nitrogens with one attached hydrogen (secondary N) is 1. The minimum absolute atomic E-state index is 0.253. The van der Waals surface area contributed by atoms with Crippen LogP contribution in [0.1, 0.15) is 5.56 Å². The van der Waals surface area contributed by atoms with Gasteiger partial charge in [0.2, 0.25) is 12.6 Å². The monoisotopic (exact) mass is 373 g/mol. The highest BCUT2D eigenvalue weighted by molar-refractivity contribution is 5.69. The fraction of sp³-hybridized carbons (Fsp3) is 0.100. The Bertz CT molecular complexity index is 1110. The fourth-order valence-electron chi connectivity index (χ4n) is 2.90. The number of aromatic nitrogens is 4. The third kappa shape index (κ3) is 3.11. The summed E-state index contributed by atoms with van der Waals surface area (Å²) in [5, 5.41) is 7.35. The average molecular weight is 373 g/mol. The largest absolute Gasteiger partial charge is 0.454 e. The molecule has 1 aliphatic rings. The molecule has 8 heteroatoms. The molecule has 1 N–H and O–H groups in total. The van der Waals surface area contributed by atoms with Crippen LogP contribution in [0.2, 0.25) is 0 Å². The van der Waals surface area contributed by atoms with Gasteiger partial charge in [-0.2, -0.15) is 4.98 Å². The highest BCUT2D eigenvalue weighted by Crippen LogP contribution is 2.33. The molecule has 0 amide bonds. The minimum Gasteiger partial charge on any atom is -0.454 e. The van der Waals surface area contributed by atoms with E-state index in [2.05, 4.69) is 25.4 Å². The molecule has 138 valence electrons. The predicted molar refractivity (Wildman–Crippen MR) is 101 cm³/mol. The van der Waals surface area contributed by atoms with Gasteiger partial charge in [-0.05, 0) is 17.7 Å². The van der Waals surface area contributed by atoms with Crippen LogP contribution in [0.15, 0.2) is 65.6 Å². The van der Waals surface area contributed by atoms with Crippen molar-refractivity contribution >= 4 is 5.82 Å². The SMILES string of the molecule is c1ccc(-c2noc(-c3cncnc3NCc3ccc4c(c3)OCO4)n2)cc1. The molecule has 0 fully saturated rings. The van der Waals surface area contributed by atoms with Gasteiger partial charge >= 0.3 is 0 Å². The van der Waals surface area contributed by atoms with Crippen LogP contribution in [0.5, 0.6) is 11.5 Å². The lowest BCUT2D eigenvalue weighted by Gasteiger charge is -2.08. The zero-order valence-corrected chi connectivity index (χ0v) is 14.7. The number of rotatable bonds is 5. The number of hydrogen-bond acceptors (Lipinski definition) is 8. The molecule has 8 nitrogen and oxygen atoms in total. The second kappa shape index (κ2) is 6.99. The number of hydrogen-bond donors (Lipinski definition) is 1. The second-order valence-electron chi connectivity index (χ2n) is 6.12. The molecule has 0 bridgehead atoms. The lowest BCUT2D eigenvalue weighted by molar-refractivity contribution is 0.174. The van der Waals surface area contributed by atoms with Crippen LogP contribution in [0.4, 0.5) is 5.82 Å². The van der Waals surface area contributed by atoms with Crippen molar-refractivity contribution in [3.05, 3.63) is 66.6 Å². The van der Waals surface area contributed by atoms with Crippen molar-refractivity contribution in [2.24, 2.45) is 0 Å². The Labute approximate surface area is 160 Å². The van der Waals surface area contributed by atoms with E-state index in [4.69, 9.17) is 14.0 Å². The standard InChI is InChI=1S/C20H15N5O3/c1-2-4-14(5-3-1)18-24-20(28-25-18)15-10-21-11-23-19(15)22-9-13-6-7-16-17(8-13)27-12-26-16/h1-8,10-11H,9,12H2,(H,21,22,23). The fourth-order valence-corrected chi connectivity index (χ4v) is 2.90. The van der Waals surface area contributed by atoms with E-state index in [1.165, 1.54) is 6.33 Å². The van der Waals surface area contributed by atoms with Gasteiger partial charge < -0.3 is 19.3 Å². The Balaban J connectivity index is 1.38. The van der Waals surface area contributed by atoms with Crippen LogP contribution in [0.25, 0.3) is 22.8 Å². The van der Waals surface area contributed by atoms with E-state index >= 15 is 0 Å². The number of nitrogens with zero attached hydrogens (tertiary/aromatic N) is 4. The molecule has 0 aliphatic carbocycles. The maximum Gasteiger partial charge on any atom is 0.263 e. The van der Waals surface area contributed by atoms with Crippen LogP contribution in [-0.4, -0.2) is 26.9 Å². The number of benzene rings is 2. The first-order valence-electron chi connectivity index (χ1n) is 8.69. The van der Waals surface area contributed by atoms with Crippen molar-refractivity contribution in [2.75, 3.05) is 12.1 Å². The number of ether oxygens (including phenoxy) is 2. The highest BCUT2D eigenvalue weighted by Gasteiger charge is 2.16. The van der Waals surface area contributed by atoms with Crippen molar-refractivity contribution in [3.8, 4) is 34.3 Å². The van der Waals surface area contributed by atoms with Crippen molar-refractivity contribution in [3.63, 3.8) is 0 Å². The molecule has 28 heavy (non-hydrogen) atoms. The molecule has 0 atom stereocenters. The van der Waals surface area contributed by atoms with Crippen LogP contribution in [0, 0.1) is 0 Å². The normalized spacial score (nSPS) is 12.1. The van der Waals surface area contributed by atoms with Gasteiger partial charge in [-0.3, -0.25) is 0 Å². The van der Waals surface area contributed by atoms with Gasteiger partial charge in [-0.15, -0.1) is 0 Å². The second-order valence-corrected chi connectivity index (χ2v) is 6.12. The minimum atomic E-state index is 0.253. The van der Waals surface area contributed by atoms with Crippen molar-refractivity contribution < 1.29 is 14.0 Å². The first-order valence-corrected chi connectivity index (χ1v) is 8.69. The summed E-state index contributed by atoms with van der Waals surface area (Å²) in [5.74, 6) is 2.97. The lowest BCUT2D eigenvalue weighted by atomic mass is 10.2. The van der Waals surface area contributed by atoms with Crippen LogP contribution in [-0.2, 0) is 6.54 Å². The molecule has 2 aromatic heterocycles. The molecule has 1 aliphatic heterocycles. The van der Waals surface area contributed by atoms with E-state index in [9.17, 15) is 0 Å². The van der Waals surface area contributed by atoms with Gasteiger partial charge in [0.05, 0.1) is 0 Å². The molecule has 0 unspecified atom stereocenters. The summed E-state index contributed by atoms with van der Waals surface area (Å²) in [7, 11) is 0. The van der Waals surface area contributed by atoms with E-state index in [0.717, 1.165) is 22.6 Å². The van der Waals surface area contributed by atoms with E-state index in [-0.39, 0.29) is 6.79 Å². The molecule has 0 spiro atoms. The quantitative estimate of drug-likeness (QED) is 0.568. The molecule has 0 saturated heterocycles. The molecule has 3 heterocycles. The van der Waals surface area contributed by atoms with E-state index in [1.54, 1.807) is 6.20 Å². The molecular weight excluding hydrogens is 358 g/mol. The van der Waals surface area contributed by atoms with Crippen molar-refractivity contribution in [1.82, 2.24) is 20.1 Å². The highest BCUT2D eigenvalue weighted by atomic mass is 16.7. The van der Waals surface area contributed by atoms with E-state index in [1.807, 2.05) is 48.5 Å². The van der Waals surface area contributed by atoms with Gasteiger partial charge in [-0.25, -0.2) is 9.97 Å². The van der Waals surface area contributed by atoms with E-state index < -0.39 is 0 Å². The van der Waals surface area contributed by atoms with Gasteiger partial charge in [0.1, 0.15) is 17.7 Å². The van der Waals surface area contributed by atoms with Crippen molar-refractivity contribution in [1.29, 1.82) is 0 Å². The number of fused-ring (bicyclic) bond motifs is 1.